The lowest BCUT2D eigenvalue weighted by Gasteiger charge is -2.03. The molecule has 3 rings (SSSR count). The molecule has 1 N–H and O–H groups in total. The summed E-state index contributed by atoms with van der Waals surface area (Å²) in [6.45, 7) is 4.19. The molecule has 1 aliphatic rings. The zero-order valence-electron chi connectivity index (χ0n) is 13.4. The van der Waals surface area contributed by atoms with Crippen molar-refractivity contribution in [1.82, 2.24) is 4.72 Å². The summed E-state index contributed by atoms with van der Waals surface area (Å²) in [6.07, 6.45) is 0. The van der Waals surface area contributed by atoms with Crippen LogP contribution in [0.25, 0.3) is 4.91 Å². The van der Waals surface area contributed by atoms with Gasteiger partial charge < -0.3 is 0 Å². The number of hydrogen-bond donors (Lipinski definition) is 1. The lowest BCUT2D eigenvalue weighted by atomic mass is 10.1. The third kappa shape index (κ3) is 3.37. The van der Waals surface area contributed by atoms with Gasteiger partial charge in [0, 0.05) is 10.6 Å². The van der Waals surface area contributed by atoms with Gasteiger partial charge in [-0.3, -0.25) is 9.71 Å². The highest BCUT2D eigenvalue weighted by Gasteiger charge is 2.32. The standard InChI is InChI=1S/C18H17ClN2O2S/c1-12-6-8-14(9-7-12)11-20-18-13(2)17(24(22,23)21-18)15-4-3-5-16(19)10-15/h3-10H,11H2,1-2H3,(H,20,21). The molecule has 2 aromatic carbocycles. The number of sulfonamides is 1. The van der Waals surface area contributed by atoms with Crippen molar-refractivity contribution in [2.75, 3.05) is 0 Å². The number of aryl methyl sites for hydroxylation is 1. The SMILES string of the molecule is CC1=C(c2cccc(Cl)c2)S(=O)(=O)NC1=NCc1ccc(C)cc1. The van der Waals surface area contributed by atoms with Crippen LogP contribution in [0.5, 0.6) is 0 Å². The van der Waals surface area contributed by atoms with Gasteiger partial charge in [0.15, 0.2) is 0 Å². The molecule has 0 saturated heterocycles. The lowest BCUT2D eigenvalue weighted by Crippen LogP contribution is -2.23. The van der Waals surface area contributed by atoms with E-state index in [-0.39, 0.29) is 4.91 Å². The molecule has 0 aromatic heterocycles. The minimum Gasteiger partial charge on any atom is -0.263 e. The third-order valence-electron chi connectivity index (χ3n) is 3.82. The Labute approximate surface area is 146 Å². The maximum Gasteiger partial charge on any atom is 0.264 e. The molecule has 0 bridgehead atoms. The predicted molar refractivity (Wildman–Crippen MR) is 98.4 cm³/mol. The van der Waals surface area contributed by atoms with Crippen molar-refractivity contribution < 1.29 is 8.42 Å². The monoisotopic (exact) mass is 360 g/mol. The van der Waals surface area contributed by atoms with E-state index in [2.05, 4.69) is 9.71 Å². The Kier molecular flexibility index (Phi) is 4.47. The van der Waals surface area contributed by atoms with Crippen molar-refractivity contribution >= 4 is 32.4 Å². The Morgan fingerprint density at radius 2 is 1.79 bits per heavy atom. The average molecular weight is 361 g/mol. The van der Waals surface area contributed by atoms with Crippen molar-refractivity contribution in [3.63, 3.8) is 0 Å². The molecule has 124 valence electrons. The zero-order chi connectivity index (χ0) is 17.3. The Balaban J connectivity index is 1.96. The number of nitrogens with zero attached hydrogens (tertiary/aromatic N) is 1. The van der Waals surface area contributed by atoms with E-state index in [1.54, 1.807) is 31.2 Å². The van der Waals surface area contributed by atoms with Gasteiger partial charge in [0.05, 0.1) is 6.54 Å². The Hall–Kier alpha value is -2.11. The summed E-state index contributed by atoms with van der Waals surface area (Å²) in [5, 5.41) is 0.494. The van der Waals surface area contributed by atoms with Crippen molar-refractivity contribution in [3.05, 3.63) is 75.8 Å². The van der Waals surface area contributed by atoms with Crippen LogP contribution in [0.1, 0.15) is 23.6 Å². The van der Waals surface area contributed by atoms with Gasteiger partial charge in [-0.05, 0) is 37.1 Å². The summed E-state index contributed by atoms with van der Waals surface area (Å²) in [5.74, 6) is 0.380. The molecule has 4 nitrogen and oxygen atoms in total. The van der Waals surface area contributed by atoms with Crippen LogP contribution < -0.4 is 4.72 Å². The van der Waals surface area contributed by atoms with Crippen molar-refractivity contribution in [3.8, 4) is 0 Å². The Morgan fingerprint density at radius 3 is 2.46 bits per heavy atom. The first-order valence-corrected chi connectivity index (χ1v) is 9.33. The first kappa shape index (κ1) is 16.7. The number of benzene rings is 2. The highest BCUT2D eigenvalue weighted by Crippen LogP contribution is 2.31. The molecule has 0 spiro atoms. The number of rotatable bonds is 3. The number of hydrogen-bond acceptors (Lipinski definition) is 3. The Morgan fingerprint density at radius 1 is 1.08 bits per heavy atom. The smallest absolute Gasteiger partial charge is 0.263 e. The van der Waals surface area contributed by atoms with Crippen molar-refractivity contribution in [2.24, 2.45) is 4.99 Å². The second kappa shape index (κ2) is 6.42. The molecule has 0 unspecified atom stereocenters. The molecular weight excluding hydrogens is 344 g/mol. The molecule has 0 amide bonds. The van der Waals surface area contributed by atoms with Gasteiger partial charge in [0.2, 0.25) is 0 Å². The van der Waals surface area contributed by atoms with Gasteiger partial charge in [-0.1, -0.05) is 53.6 Å². The van der Waals surface area contributed by atoms with Crippen LogP contribution >= 0.6 is 11.6 Å². The van der Waals surface area contributed by atoms with Gasteiger partial charge in [-0.25, -0.2) is 8.42 Å². The summed E-state index contributed by atoms with van der Waals surface area (Å²) < 4.78 is 27.4. The molecule has 24 heavy (non-hydrogen) atoms. The molecule has 0 radical (unpaired) electrons. The number of halogens is 1. The highest BCUT2D eigenvalue weighted by atomic mass is 35.5. The fraction of sp³-hybridized carbons (Fsp3) is 0.167. The summed E-state index contributed by atoms with van der Waals surface area (Å²) in [5.41, 5.74) is 3.36. The maximum absolute atomic E-state index is 12.5. The second-order valence-corrected chi connectivity index (χ2v) is 7.78. The molecule has 0 fully saturated rings. The summed E-state index contributed by atoms with van der Waals surface area (Å²) in [7, 11) is -3.63. The fourth-order valence-electron chi connectivity index (χ4n) is 2.58. The first-order valence-electron chi connectivity index (χ1n) is 7.47. The van der Waals surface area contributed by atoms with Crippen LogP contribution in [0.15, 0.2) is 59.1 Å². The summed E-state index contributed by atoms with van der Waals surface area (Å²) >= 11 is 5.99. The van der Waals surface area contributed by atoms with Gasteiger partial charge in [-0.2, -0.15) is 0 Å². The molecule has 0 saturated carbocycles. The van der Waals surface area contributed by atoms with Crippen LogP contribution in [-0.4, -0.2) is 14.3 Å². The topological polar surface area (TPSA) is 58.5 Å². The van der Waals surface area contributed by atoms with Crippen LogP contribution in [-0.2, 0) is 16.6 Å². The third-order valence-corrected chi connectivity index (χ3v) is 5.60. The normalized spacial score (nSPS) is 18.0. The highest BCUT2D eigenvalue weighted by molar-refractivity contribution is 8.00. The van der Waals surface area contributed by atoms with E-state index >= 15 is 0 Å². The molecular formula is C18H17ClN2O2S. The summed E-state index contributed by atoms with van der Waals surface area (Å²) in [6, 6.07) is 14.8. The van der Waals surface area contributed by atoms with E-state index in [0.717, 1.165) is 5.56 Å². The number of nitrogens with one attached hydrogen (secondary N) is 1. The van der Waals surface area contributed by atoms with E-state index in [1.165, 1.54) is 5.56 Å². The summed E-state index contributed by atoms with van der Waals surface area (Å²) in [4.78, 5) is 4.66. The number of amidine groups is 1. The van der Waals surface area contributed by atoms with Crippen LogP contribution in [0, 0.1) is 6.92 Å². The molecule has 2 aromatic rings. The van der Waals surface area contributed by atoms with E-state index < -0.39 is 10.0 Å². The average Bonchev–Trinajstić information content (AvgIpc) is 2.75. The van der Waals surface area contributed by atoms with Gasteiger partial charge in [0.25, 0.3) is 10.0 Å². The zero-order valence-corrected chi connectivity index (χ0v) is 14.9. The minimum atomic E-state index is -3.63. The lowest BCUT2D eigenvalue weighted by molar-refractivity contribution is 0.603. The Bertz CT molecular complexity index is 945. The van der Waals surface area contributed by atoms with Crippen LogP contribution in [0.3, 0.4) is 0 Å². The molecule has 1 heterocycles. The van der Waals surface area contributed by atoms with Crippen molar-refractivity contribution in [2.45, 2.75) is 20.4 Å². The number of aliphatic imine (C=N–C) groups is 1. The van der Waals surface area contributed by atoms with Gasteiger partial charge in [0.1, 0.15) is 10.7 Å². The van der Waals surface area contributed by atoms with E-state index in [9.17, 15) is 8.42 Å². The first-order chi connectivity index (χ1) is 11.4. The fourth-order valence-corrected chi connectivity index (χ4v) is 4.28. The van der Waals surface area contributed by atoms with Crippen molar-refractivity contribution in [1.29, 1.82) is 0 Å². The maximum atomic E-state index is 12.5. The quantitative estimate of drug-likeness (QED) is 0.902. The predicted octanol–water partition coefficient (Wildman–Crippen LogP) is 3.91. The molecule has 6 heteroatoms. The van der Waals surface area contributed by atoms with E-state index in [1.807, 2.05) is 31.2 Å². The minimum absolute atomic E-state index is 0.229. The van der Waals surface area contributed by atoms with Crippen LogP contribution in [0.4, 0.5) is 0 Å². The van der Waals surface area contributed by atoms with Crippen LogP contribution in [0.2, 0.25) is 5.02 Å². The van der Waals surface area contributed by atoms with E-state index in [4.69, 9.17) is 11.6 Å². The van der Waals surface area contributed by atoms with Gasteiger partial charge >= 0.3 is 0 Å². The largest absolute Gasteiger partial charge is 0.264 e. The molecule has 0 atom stereocenters. The molecule has 1 aliphatic heterocycles. The van der Waals surface area contributed by atoms with E-state index in [0.29, 0.717) is 28.5 Å². The van der Waals surface area contributed by atoms with Gasteiger partial charge in [-0.15, -0.1) is 0 Å². The second-order valence-electron chi connectivity index (χ2n) is 5.72. The molecule has 0 aliphatic carbocycles.